The van der Waals surface area contributed by atoms with Gasteiger partial charge in [0.05, 0.1) is 0 Å². The summed E-state index contributed by atoms with van der Waals surface area (Å²) in [7, 11) is 0. The van der Waals surface area contributed by atoms with Gasteiger partial charge in [0.15, 0.2) is 0 Å². The third kappa shape index (κ3) is 1.06. The quantitative estimate of drug-likeness (QED) is 0.698. The molecule has 0 aliphatic heterocycles. The highest BCUT2D eigenvalue weighted by atomic mass is 14.5. The Balaban J connectivity index is 2.08. The van der Waals surface area contributed by atoms with E-state index in [0.29, 0.717) is 5.92 Å². The Kier molecular flexibility index (Phi) is 1.66. The Morgan fingerprint density at radius 1 is 0.765 bits per heavy atom. The van der Waals surface area contributed by atoms with Crippen molar-refractivity contribution in [3.8, 4) is 0 Å². The van der Waals surface area contributed by atoms with E-state index in [9.17, 15) is 0 Å². The standard InChI is InChI=1S/C16H13N/c17-15-9-14-10-5-1-3-7-12(10)16(15)13-8-4-2-6-11(13)14/h1-8,14,16-17H,9H2. The van der Waals surface area contributed by atoms with Gasteiger partial charge in [0.25, 0.3) is 0 Å². The molecular weight excluding hydrogens is 206 g/mol. The molecule has 0 aromatic heterocycles. The van der Waals surface area contributed by atoms with Gasteiger partial charge in [-0.2, -0.15) is 0 Å². The summed E-state index contributed by atoms with van der Waals surface area (Å²) in [4.78, 5) is 0. The molecule has 2 aromatic rings. The van der Waals surface area contributed by atoms with Gasteiger partial charge in [-0.05, 0) is 28.7 Å². The molecule has 2 bridgehead atoms. The zero-order valence-corrected chi connectivity index (χ0v) is 9.48. The lowest BCUT2D eigenvalue weighted by Crippen LogP contribution is -2.31. The lowest BCUT2D eigenvalue weighted by Gasteiger charge is -2.40. The van der Waals surface area contributed by atoms with E-state index in [4.69, 9.17) is 5.41 Å². The van der Waals surface area contributed by atoms with Crippen LogP contribution in [-0.4, -0.2) is 5.71 Å². The first-order valence-electron chi connectivity index (χ1n) is 6.11. The summed E-state index contributed by atoms with van der Waals surface area (Å²) in [6.45, 7) is 0. The van der Waals surface area contributed by atoms with E-state index in [0.717, 1.165) is 12.1 Å². The summed E-state index contributed by atoms with van der Waals surface area (Å²) in [5.74, 6) is 0.632. The molecule has 0 heterocycles. The number of hydrogen-bond acceptors (Lipinski definition) is 1. The van der Waals surface area contributed by atoms with Gasteiger partial charge in [0.1, 0.15) is 0 Å². The van der Waals surface area contributed by atoms with E-state index in [-0.39, 0.29) is 5.92 Å². The molecule has 0 saturated carbocycles. The molecule has 3 aliphatic carbocycles. The smallest absolute Gasteiger partial charge is 0.0472 e. The normalized spacial score (nSPS) is 24.4. The predicted molar refractivity (Wildman–Crippen MR) is 68.9 cm³/mol. The van der Waals surface area contributed by atoms with Crippen LogP contribution in [0, 0.1) is 5.41 Å². The molecule has 3 aliphatic rings. The molecule has 1 heteroatoms. The zero-order chi connectivity index (χ0) is 11.4. The van der Waals surface area contributed by atoms with Gasteiger partial charge in [-0.3, -0.25) is 0 Å². The first-order valence-corrected chi connectivity index (χ1v) is 6.11. The fourth-order valence-electron chi connectivity index (χ4n) is 3.45. The highest BCUT2D eigenvalue weighted by Crippen LogP contribution is 2.50. The van der Waals surface area contributed by atoms with Crippen LogP contribution in [0.3, 0.4) is 0 Å². The van der Waals surface area contributed by atoms with Gasteiger partial charge in [0.2, 0.25) is 0 Å². The maximum absolute atomic E-state index is 8.24. The zero-order valence-electron chi connectivity index (χ0n) is 9.48. The van der Waals surface area contributed by atoms with Crippen LogP contribution in [0.4, 0.5) is 0 Å². The van der Waals surface area contributed by atoms with E-state index in [1.54, 1.807) is 0 Å². The minimum absolute atomic E-state index is 0.215. The average molecular weight is 219 g/mol. The largest absolute Gasteiger partial charge is 0.309 e. The second-order valence-electron chi connectivity index (χ2n) is 4.97. The molecule has 1 N–H and O–H groups in total. The molecular formula is C16H13N. The lowest BCUT2D eigenvalue weighted by atomic mass is 9.63. The van der Waals surface area contributed by atoms with Gasteiger partial charge in [0, 0.05) is 17.5 Å². The minimum Gasteiger partial charge on any atom is -0.309 e. The van der Waals surface area contributed by atoms with Crippen molar-refractivity contribution in [2.75, 3.05) is 0 Å². The molecule has 0 spiro atoms. The van der Waals surface area contributed by atoms with Crippen molar-refractivity contribution in [1.82, 2.24) is 0 Å². The number of hydrogen-bond donors (Lipinski definition) is 1. The van der Waals surface area contributed by atoms with Crippen molar-refractivity contribution in [2.45, 2.75) is 18.3 Å². The molecule has 0 amide bonds. The minimum atomic E-state index is 0.215. The topological polar surface area (TPSA) is 23.9 Å². The fourth-order valence-corrected chi connectivity index (χ4v) is 3.45. The number of rotatable bonds is 0. The highest BCUT2D eigenvalue weighted by Gasteiger charge is 2.39. The van der Waals surface area contributed by atoms with Gasteiger partial charge in [-0.1, -0.05) is 48.5 Å². The van der Waals surface area contributed by atoms with Crippen molar-refractivity contribution < 1.29 is 0 Å². The number of nitrogens with one attached hydrogen (secondary N) is 1. The summed E-state index contributed by atoms with van der Waals surface area (Å²) < 4.78 is 0. The molecule has 0 radical (unpaired) electrons. The van der Waals surface area contributed by atoms with Crippen LogP contribution in [0.1, 0.15) is 40.5 Å². The molecule has 1 nitrogen and oxygen atoms in total. The predicted octanol–water partition coefficient (Wildman–Crippen LogP) is 3.69. The number of benzene rings is 2. The van der Waals surface area contributed by atoms with Gasteiger partial charge >= 0.3 is 0 Å². The van der Waals surface area contributed by atoms with E-state index in [2.05, 4.69) is 48.5 Å². The summed E-state index contributed by atoms with van der Waals surface area (Å²) >= 11 is 0. The lowest BCUT2D eigenvalue weighted by molar-refractivity contribution is 0.714. The summed E-state index contributed by atoms with van der Waals surface area (Å²) in [5, 5.41) is 8.24. The summed E-state index contributed by atoms with van der Waals surface area (Å²) in [5.41, 5.74) is 6.46. The van der Waals surface area contributed by atoms with Crippen molar-refractivity contribution >= 4 is 5.71 Å². The van der Waals surface area contributed by atoms with Crippen LogP contribution < -0.4 is 0 Å². The van der Waals surface area contributed by atoms with Gasteiger partial charge < -0.3 is 5.41 Å². The highest BCUT2D eigenvalue weighted by molar-refractivity contribution is 5.97. The summed E-state index contributed by atoms with van der Waals surface area (Å²) in [6.07, 6.45) is 0.901. The SMILES string of the molecule is N=C1CC2c3ccccc3C1c1ccccc12. The number of fused-ring (bicyclic) bond motifs is 1. The second kappa shape index (κ2) is 3.07. The van der Waals surface area contributed by atoms with E-state index >= 15 is 0 Å². The van der Waals surface area contributed by atoms with Crippen molar-refractivity contribution in [1.29, 1.82) is 5.41 Å². The second-order valence-corrected chi connectivity index (χ2v) is 4.97. The molecule has 0 atom stereocenters. The Hall–Kier alpha value is -1.89. The van der Waals surface area contributed by atoms with Crippen molar-refractivity contribution in [3.63, 3.8) is 0 Å². The van der Waals surface area contributed by atoms with Crippen LogP contribution in [0.5, 0.6) is 0 Å². The van der Waals surface area contributed by atoms with Crippen LogP contribution >= 0.6 is 0 Å². The molecule has 17 heavy (non-hydrogen) atoms. The van der Waals surface area contributed by atoms with Crippen LogP contribution in [0.15, 0.2) is 48.5 Å². The Labute approximate surface area is 101 Å². The third-order valence-corrected chi connectivity index (χ3v) is 4.14. The molecule has 82 valence electrons. The molecule has 5 rings (SSSR count). The molecule has 0 unspecified atom stereocenters. The van der Waals surface area contributed by atoms with Crippen LogP contribution in [0.2, 0.25) is 0 Å². The van der Waals surface area contributed by atoms with Crippen LogP contribution in [0.25, 0.3) is 0 Å². The first-order chi connectivity index (χ1) is 8.36. The fraction of sp³-hybridized carbons (Fsp3) is 0.188. The van der Waals surface area contributed by atoms with Gasteiger partial charge in [-0.25, -0.2) is 0 Å². The Morgan fingerprint density at radius 2 is 1.24 bits per heavy atom. The van der Waals surface area contributed by atoms with E-state index < -0.39 is 0 Å². The Bertz CT molecular complexity index is 579. The van der Waals surface area contributed by atoms with Crippen LogP contribution in [-0.2, 0) is 0 Å². The molecule has 0 fully saturated rings. The first kappa shape index (κ1) is 9.17. The maximum atomic E-state index is 8.24. The van der Waals surface area contributed by atoms with E-state index in [1.165, 1.54) is 22.3 Å². The van der Waals surface area contributed by atoms with Gasteiger partial charge in [-0.15, -0.1) is 0 Å². The van der Waals surface area contributed by atoms with Crippen molar-refractivity contribution in [2.24, 2.45) is 0 Å². The monoisotopic (exact) mass is 219 g/mol. The molecule has 2 aromatic carbocycles. The third-order valence-electron chi connectivity index (χ3n) is 4.14. The maximum Gasteiger partial charge on any atom is 0.0472 e. The molecule has 0 saturated heterocycles. The van der Waals surface area contributed by atoms with E-state index in [1.807, 2.05) is 0 Å². The average Bonchev–Trinajstić information content (AvgIpc) is 2.39. The summed E-state index contributed by atoms with van der Waals surface area (Å²) in [6, 6.07) is 17.3. The van der Waals surface area contributed by atoms with Crippen molar-refractivity contribution in [3.05, 3.63) is 70.8 Å². The Morgan fingerprint density at radius 3 is 1.76 bits per heavy atom.